The fourth-order valence-corrected chi connectivity index (χ4v) is 6.62. The number of terminal acetylenes is 1. The zero-order valence-corrected chi connectivity index (χ0v) is 40.6. The average molecular weight is 917 g/mol. The number of anilines is 3. The first-order valence-corrected chi connectivity index (χ1v) is 23.6. The number of aliphatic hydroxyl groups is 1. The van der Waals surface area contributed by atoms with Crippen LogP contribution in [0, 0.1) is 65.8 Å². The van der Waals surface area contributed by atoms with Crippen LogP contribution >= 0.6 is 0 Å². The van der Waals surface area contributed by atoms with Crippen LogP contribution in [0.4, 0.5) is 31.4 Å². The van der Waals surface area contributed by atoms with Crippen LogP contribution in [0.15, 0.2) is 18.2 Å². The van der Waals surface area contributed by atoms with Gasteiger partial charge in [0.25, 0.3) is 0 Å². The Morgan fingerprint density at radius 2 is 0.985 bits per heavy atom. The van der Waals surface area contributed by atoms with E-state index >= 15 is 0 Å². The van der Waals surface area contributed by atoms with Crippen molar-refractivity contribution < 1.29 is 43.3 Å². The molecule has 0 aliphatic rings. The molecule has 364 valence electrons. The van der Waals surface area contributed by atoms with Crippen LogP contribution in [-0.2, 0) is 23.8 Å². The maximum absolute atomic E-state index is 13.5. The van der Waals surface area contributed by atoms with Crippen molar-refractivity contribution >= 4 is 47.1 Å². The molecule has 1 aromatic carbocycles. The summed E-state index contributed by atoms with van der Waals surface area (Å²) in [6.07, 6.45) is 19.4. The number of carbonyl (C=O) groups is 5. The average Bonchev–Trinajstić information content (AvgIpc) is 3.23. The Balaban J connectivity index is 3.35. The van der Waals surface area contributed by atoms with Crippen molar-refractivity contribution in [3.63, 3.8) is 0 Å². The van der Waals surface area contributed by atoms with E-state index in [-0.39, 0.29) is 47.8 Å². The van der Waals surface area contributed by atoms with Crippen LogP contribution < -0.4 is 31.9 Å². The predicted octanol–water partition coefficient (Wildman–Crippen LogP) is 9.04. The fourth-order valence-electron chi connectivity index (χ4n) is 6.62. The zero-order chi connectivity index (χ0) is 49.1. The molecule has 0 fully saturated rings. The second-order valence-electron chi connectivity index (χ2n) is 17.5. The molecule has 66 heavy (non-hydrogen) atoms. The maximum Gasteiger partial charge on any atom is 0.342 e. The van der Waals surface area contributed by atoms with Crippen molar-refractivity contribution in [2.24, 2.45) is 17.8 Å². The van der Waals surface area contributed by atoms with Crippen molar-refractivity contribution in [3.8, 4) is 48.1 Å². The van der Waals surface area contributed by atoms with Gasteiger partial charge in [0, 0.05) is 41.4 Å². The van der Waals surface area contributed by atoms with Crippen molar-refractivity contribution in [2.75, 3.05) is 29.2 Å². The number of urea groups is 3. The molecule has 1 aromatic rings. The van der Waals surface area contributed by atoms with Gasteiger partial charge in [0.1, 0.15) is 18.2 Å². The van der Waals surface area contributed by atoms with Crippen molar-refractivity contribution in [1.29, 1.82) is 0 Å². The van der Waals surface area contributed by atoms with Crippen molar-refractivity contribution in [1.82, 2.24) is 16.0 Å². The lowest BCUT2D eigenvalue weighted by atomic mass is 10.0. The SMILES string of the molecule is C#CC#CC#CC#COC(=O)[C@H](CC(C)C)NC(=O)Nc1cc(NC(=O)N[C@@H](CC(C)C)C(=O)OCCCCCCCC)cc(NC(=O)N[C@@H](CC(C)C)C(O)OCCCCCCCC)c1. The number of unbranched alkanes of at least 4 members (excludes halogenated alkanes) is 10. The highest BCUT2D eigenvalue weighted by atomic mass is 16.6. The van der Waals surface area contributed by atoms with Crippen LogP contribution in [0.5, 0.6) is 0 Å². The molecule has 1 rings (SSSR count). The Morgan fingerprint density at radius 1 is 0.561 bits per heavy atom. The first-order chi connectivity index (χ1) is 31.6. The molecule has 7 N–H and O–H groups in total. The van der Waals surface area contributed by atoms with E-state index in [2.05, 4.69) is 87.4 Å². The third kappa shape index (κ3) is 28.8. The Bertz CT molecular complexity index is 1880. The summed E-state index contributed by atoms with van der Waals surface area (Å²) in [5.74, 6) is 12.6. The Hall–Kier alpha value is -5.87. The highest BCUT2D eigenvalue weighted by Gasteiger charge is 2.27. The predicted molar refractivity (Wildman–Crippen MR) is 261 cm³/mol. The number of nitrogens with one attached hydrogen (secondary N) is 6. The first-order valence-electron chi connectivity index (χ1n) is 23.6. The van der Waals surface area contributed by atoms with E-state index < -0.39 is 54.4 Å². The van der Waals surface area contributed by atoms with Gasteiger partial charge in [-0.05, 0) is 85.8 Å². The summed E-state index contributed by atoms with van der Waals surface area (Å²) >= 11 is 0. The molecule has 0 aliphatic heterocycles. The Labute approximate surface area is 394 Å². The summed E-state index contributed by atoms with van der Waals surface area (Å²) in [6.45, 7) is 16.4. The van der Waals surface area contributed by atoms with Gasteiger partial charge in [0.2, 0.25) is 0 Å². The molecule has 4 atom stereocenters. The summed E-state index contributed by atoms with van der Waals surface area (Å²) in [7, 11) is 0. The minimum atomic E-state index is -1.26. The molecular weight excluding hydrogens is 841 g/mol. The number of aliphatic hydroxyl groups excluding tert-OH is 1. The third-order valence-corrected chi connectivity index (χ3v) is 9.74. The number of carbonyl (C=O) groups excluding carboxylic acids is 5. The van der Waals surface area contributed by atoms with Crippen LogP contribution in [0.2, 0.25) is 0 Å². The second kappa shape index (κ2) is 35.4. The topological polar surface area (TPSA) is 205 Å². The molecular formula is C51H76N6O9. The quantitative estimate of drug-likeness (QED) is 0.0170. The van der Waals surface area contributed by atoms with E-state index in [0.717, 1.165) is 64.2 Å². The van der Waals surface area contributed by atoms with Crippen LogP contribution in [-0.4, -0.2) is 72.8 Å². The second-order valence-corrected chi connectivity index (χ2v) is 17.5. The molecule has 0 radical (unpaired) electrons. The molecule has 0 saturated heterocycles. The number of benzene rings is 1. The van der Waals surface area contributed by atoms with Gasteiger partial charge in [-0.3, -0.25) is 0 Å². The highest BCUT2D eigenvalue weighted by Crippen LogP contribution is 2.24. The molecule has 0 aliphatic carbocycles. The van der Waals surface area contributed by atoms with E-state index in [1.807, 2.05) is 41.5 Å². The molecule has 1 unspecified atom stereocenters. The van der Waals surface area contributed by atoms with E-state index in [4.69, 9.17) is 20.6 Å². The van der Waals surface area contributed by atoms with Crippen LogP contribution in [0.25, 0.3) is 0 Å². The summed E-state index contributed by atoms with van der Waals surface area (Å²) in [5, 5.41) is 27.2. The van der Waals surface area contributed by atoms with Crippen LogP contribution in [0.3, 0.4) is 0 Å². The molecule has 0 heterocycles. The lowest BCUT2D eigenvalue weighted by molar-refractivity contribution is -0.146. The number of esters is 2. The first kappa shape index (κ1) is 58.1. The molecule has 0 aromatic heterocycles. The normalized spacial score (nSPS) is 12.3. The van der Waals surface area contributed by atoms with Crippen molar-refractivity contribution in [2.45, 2.75) is 176 Å². The Kier molecular flexibility index (Phi) is 31.2. The number of amides is 6. The number of rotatable bonds is 30. The molecule has 0 saturated carbocycles. The fraction of sp³-hybridized carbons (Fsp3) is 0.627. The number of hydrogen-bond donors (Lipinski definition) is 7. The number of ether oxygens (including phenoxy) is 3. The smallest absolute Gasteiger partial charge is 0.342 e. The number of hydrogen-bond acceptors (Lipinski definition) is 9. The Morgan fingerprint density at radius 3 is 1.47 bits per heavy atom. The molecule has 15 nitrogen and oxygen atoms in total. The monoisotopic (exact) mass is 917 g/mol. The summed E-state index contributed by atoms with van der Waals surface area (Å²) in [5.41, 5.74) is 0.385. The van der Waals surface area contributed by atoms with Gasteiger partial charge in [-0.2, -0.15) is 0 Å². The molecule has 0 bridgehead atoms. The minimum absolute atomic E-state index is 0.0404. The standard InChI is InChI=1S/C51H76N6O9/c1-10-13-16-19-22-25-28-64-46(58)43(31-37(4)5)55-49(61)52-40-34-41(53-50(62)56-44(32-38(6)7)47(59)65-29-26-23-20-17-14-11-2)36-42(35-40)54-51(63)57-45(33-39(8)9)48(60)66-30-27-24-21-18-15-12-3/h1,34-39,43-45,47,59H,11-12,14-15,17-18,20-21,23-24,26-27,29-33H2,2-9H3,(H2,52,55,61)(H2,53,56,62)(H2,54,57,63)/t43-,44-,45-,47?/m0/s1. The van der Waals surface area contributed by atoms with E-state index in [1.54, 1.807) is 0 Å². The van der Waals surface area contributed by atoms with E-state index in [9.17, 15) is 29.1 Å². The lowest BCUT2D eigenvalue weighted by Crippen LogP contribution is -2.47. The molecule has 6 amide bonds. The summed E-state index contributed by atoms with van der Waals surface area (Å²) in [6, 6.07) is -0.701. The van der Waals surface area contributed by atoms with Gasteiger partial charge in [-0.1, -0.05) is 120 Å². The van der Waals surface area contributed by atoms with Gasteiger partial charge in [0.15, 0.2) is 6.29 Å². The van der Waals surface area contributed by atoms with Gasteiger partial charge in [-0.15, -0.1) is 6.42 Å². The van der Waals surface area contributed by atoms with Gasteiger partial charge < -0.3 is 51.2 Å². The van der Waals surface area contributed by atoms with Crippen molar-refractivity contribution in [3.05, 3.63) is 18.2 Å². The van der Waals surface area contributed by atoms with E-state index in [0.29, 0.717) is 19.4 Å². The summed E-state index contributed by atoms with van der Waals surface area (Å²) in [4.78, 5) is 66.6. The van der Waals surface area contributed by atoms with E-state index in [1.165, 1.54) is 31.0 Å². The zero-order valence-electron chi connectivity index (χ0n) is 40.6. The molecule has 0 spiro atoms. The third-order valence-electron chi connectivity index (χ3n) is 9.74. The largest absolute Gasteiger partial charge is 0.464 e. The van der Waals surface area contributed by atoms with Crippen LogP contribution in [0.1, 0.15) is 152 Å². The van der Waals surface area contributed by atoms with Gasteiger partial charge >= 0.3 is 30.0 Å². The van der Waals surface area contributed by atoms with Gasteiger partial charge in [0.05, 0.1) is 12.6 Å². The minimum Gasteiger partial charge on any atom is -0.464 e. The maximum atomic E-state index is 13.5. The summed E-state index contributed by atoms with van der Waals surface area (Å²) < 4.78 is 16.3. The van der Waals surface area contributed by atoms with Gasteiger partial charge in [-0.25, -0.2) is 24.0 Å². The highest BCUT2D eigenvalue weighted by molar-refractivity contribution is 5.98. The molecule has 15 heteroatoms. The lowest BCUT2D eigenvalue weighted by Gasteiger charge is -2.26.